The predicted octanol–water partition coefficient (Wildman–Crippen LogP) is 4.43. The lowest BCUT2D eigenvalue weighted by atomic mass is 9.52. The van der Waals surface area contributed by atoms with Crippen molar-refractivity contribution in [1.82, 2.24) is 0 Å². The van der Waals surface area contributed by atoms with Crippen LogP contribution in [0.1, 0.15) is 106 Å². The SMILES string of the molecule is CO[C@H]1C[C@H](O[C@H]2[C@@H](O)C[C@H](O[C@@H]3[C@H](C)O[C@@H](O[C@H]4[C@@H](OC)C[C@H](O[C@@H]5CC6=CCC7=C8C[C@@H]9CO[C@]%10(C)OC[C@@]8(CC[C@@H]7[C@@]6(C)C[C@H]5O)[C@H]9%10)O[C@@H]4C)C[C@H]3OC)O[C@@H]2C)O[C@H](C)[C@H]1O. The van der Waals surface area contributed by atoms with E-state index < -0.39 is 104 Å². The maximum atomic E-state index is 11.8. The third-order valence-corrected chi connectivity index (χ3v) is 17.8. The van der Waals surface area contributed by atoms with Crippen molar-refractivity contribution in [2.75, 3.05) is 34.5 Å². The number of aliphatic hydroxyl groups excluding tert-OH is 3. The first-order valence-electron chi connectivity index (χ1n) is 24.6. The fourth-order valence-corrected chi connectivity index (χ4v) is 14.6. The van der Waals surface area contributed by atoms with Crippen LogP contribution in [-0.4, -0.2) is 166 Å². The maximum absolute atomic E-state index is 11.8. The largest absolute Gasteiger partial charge is 0.390 e. The van der Waals surface area contributed by atoms with Gasteiger partial charge in [-0.15, -0.1) is 0 Å². The Morgan fingerprint density at radius 3 is 1.83 bits per heavy atom. The molecule has 0 aromatic heterocycles. The van der Waals surface area contributed by atoms with Crippen molar-refractivity contribution < 1.29 is 76.9 Å². The predicted molar refractivity (Wildman–Crippen MR) is 230 cm³/mol. The summed E-state index contributed by atoms with van der Waals surface area (Å²) in [5, 5.41) is 33.4. The highest BCUT2D eigenvalue weighted by atomic mass is 16.8. The van der Waals surface area contributed by atoms with Gasteiger partial charge in [-0.1, -0.05) is 29.7 Å². The number of ether oxygens (including phenoxy) is 13. The molecule has 0 radical (unpaired) electrons. The first kappa shape index (κ1) is 47.5. The van der Waals surface area contributed by atoms with E-state index in [1.165, 1.54) is 5.57 Å². The highest BCUT2D eigenvalue weighted by Gasteiger charge is 2.70. The van der Waals surface area contributed by atoms with Crippen LogP contribution in [0, 0.1) is 28.6 Å². The van der Waals surface area contributed by atoms with Crippen LogP contribution >= 0.6 is 0 Å². The summed E-state index contributed by atoms with van der Waals surface area (Å²) in [4.78, 5) is 0. The molecule has 16 heteroatoms. The molecule has 2 saturated carbocycles. The number of hydrogen-bond donors (Lipinski definition) is 3. The number of fused-ring (bicyclic) bond motifs is 3. The van der Waals surface area contributed by atoms with E-state index in [9.17, 15) is 15.3 Å². The van der Waals surface area contributed by atoms with Crippen LogP contribution in [0.5, 0.6) is 0 Å². The number of hydrogen-bond acceptors (Lipinski definition) is 16. The van der Waals surface area contributed by atoms with E-state index in [0.717, 1.165) is 38.9 Å². The molecule has 6 aliphatic heterocycles. The Morgan fingerprint density at radius 1 is 0.631 bits per heavy atom. The molecule has 10 rings (SSSR count). The van der Waals surface area contributed by atoms with E-state index in [1.807, 2.05) is 20.8 Å². The smallest absolute Gasteiger partial charge is 0.169 e. The molecule has 8 fully saturated rings. The van der Waals surface area contributed by atoms with Crippen molar-refractivity contribution in [1.29, 1.82) is 0 Å². The summed E-state index contributed by atoms with van der Waals surface area (Å²) in [6.07, 6.45) is -0.431. The summed E-state index contributed by atoms with van der Waals surface area (Å²) in [5.41, 5.74) is 4.68. The van der Waals surface area contributed by atoms with Gasteiger partial charge < -0.3 is 76.9 Å². The van der Waals surface area contributed by atoms with Crippen molar-refractivity contribution in [3.8, 4) is 0 Å². The lowest BCUT2D eigenvalue weighted by molar-refractivity contribution is -0.347. The van der Waals surface area contributed by atoms with Gasteiger partial charge >= 0.3 is 0 Å². The fraction of sp³-hybridized carbons (Fsp3) is 0.918. The molecule has 3 N–H and O–H groups in total. The van der Waals surface area contributed by atoms with Gasteiger partial charge in [-0.2, -0.15) is 0 Å². The maximum Gasteiger partial charge on any atom is 0.169 e. The molecule has 0 unspecified atom stereocenters. The Morgan fingerprint density at radius 2 is 1.20 bits per heavy atom. The Balaban J connectivity index is 0.725. The second-order valence-corrected chi connectivity index (χ2v) is 21.5. The third kappa shape index (κ3) is 8.26. The monoisotopic (exact) mass is 921 g/mol. The van der Waals surface area contributed by atoms with Gasteiger partial charge in [0, 0.05) is 58.3 Å². The number of allylic oxidation sites excluding steroid dienone is 2. The summed E-state index contributed by atoms with van der Waals surface area (Å²) >= 11 is 0. The van der Waals surface area contributed by atoms with Gasteiger partial charge in [-0.25, -0.2) is 0 Å². The molecule has 6 saturated heterocycles. The van der Waals surface area contributed by atoms with E-state index in [2.05, 4.69) is 19.9 Å². The third-order valence-electron chi connectivity index (χ3n) is 17.8. The van der Waals surface area contributed by atoms with Gasteiger partial charge in [0.1, 0.15) is 24.4 Å². The van der Waals surface area contributed by atoms with Gasteiger partial charge in [0.05, 0.1) is 74.3 Å². The summed E-state index contributed by atoms with van der Waals surface area (Å²) in [6.45, 7) is 13.6. The van der Waals surface area contributed by atoms with Crippen molar-refractivity contribution in [2.45, 2.75) is 222 Å². The van der Waals surface area contributed by atoms with E-state index in [4.69, 9.17) is 61.6 Å². The zero-order valence-electron chi connectivity index (χ0n) is 39.8. The number of rotatable bonds is 11. The van der Waals surface area contributed by atoms with Gasteiger partial charge in [-0.3, -0.25) is 0 Å². The second kappa shape index (κ2) is 18.2. The zero-order chi connectivity index (χ0) is 45.7. The van der Waals surface area contributed by atoms with Crippen LogP contribution in [0.3, 0.4) is 0 Å². The minimum atomic E-state index is -0.890. The number of aliphatic hydroxyl groups is 3. The summed E-state index contributed by atoms with van der Waals surface area (Å²) in [5.74, 6) is 0.974. The molecule has 1 spiro atoms. The van der Waals surface area contributed by atoms with E-state index in [1.54, 1.807) is 39.4 Å². The molecule has 6 heterocycles. The molecular formula is C49H76O16. The Labute approximate surface area is 384 Å². The summed E-state index contributed by atoms with van der Waals surface area (Å²) < 4.78 is 81.1. The van der Waals surface area contributed by atoms with Gasteiger partial charge in [-0.05, 0) is 90.4 Å². The van der Waals surface area contributed by atoms with E-state index in [-0.39, 0.29) is 29.5 Å². The first-order valence-corrected chi connectivity index (χ1v) is 24.6. The van der Waals surface area contributed by atoms with Crippen molar-refractivity contribution in [3.63, 3.8) is 0 Å². The van der Waals surface area contributed by atoms with Gasteiger partial charge in [0.2, 0.25) is 0 Å². The first-order chi connectivity index (χ1) is 31.1. The molecule has 0 aromatic rings. The van der Waals surface area contributed by atoms with Crippen LogP contribution in [0.4, 0.5) is 0 Å². The lowest BCUT2D eigenvalue weighted by Gasteiger charge is -2.54. The summed E-state index contributed by atoms with van der Waals surface area (Å²) in [7, 11) is 4.87. The molecule has 10 aliphatic rings. The standard InChI is InChI=1S/C49H76O16/c1-23-42(52)35(53-7)17-40(58-23)63-43-24(2)59-38(16-32(43)50)64-44-26(4)61-41(19-37(44)55-9)65-45-25(3)60-39(18-36(45)54-8)62-34-15-28-10-11-29-30(47(28,5)20-33(34)51)12-13-49-22-57-48(6)46(49)27(21-56-48)14-31(29)49/h10,23-27,30,32-46,50-52H,11-22H2,1-9H3/t23-,24-,25-,26+,27-,30+,32+,33-,34-,35+,36+,37-,38+,39+,40+,41+,42-,43-,44-,45-,46-,47+,48-,49-/m1/s1. The molecule has 0 bridgehead atoms. The Kier molecular flexibility index (Phi) is 13.3. The lowest BCUT2D eigenvalue weighted by Crippen LogP contribution is -2.58. The second-order valence-electron chi connectivity index (χ2n) is 21.5. The Bertz CT molecular complexity index is 1770. The minimum Gasteiger partial charge on any atom is -0.390 e. The highest BCUT2D eigenvalue weighted by molar-refractivity contribution is 5.43. The highest BCUT2D eigenvalue weighted by Crippen LogP contribution is 2.71. The topological polar surface area (TPSA) is 181 Å². The van der Waals surface area contributed by atoms with Crippen LogP contribution in [-0.2, 0) is 61.6 Å². The van der Waals surface area contributed by atoms with Gasteiger partial charge in [0.25, 0.3) is 0 Å². The molecule has 4 aliphatic carbocycles. The summed E-state index contributed by atoms with van der Waals surface area (Å²) in [6, 6.07) is 0. The van der Waals surface area contributed by atoms with Crippen LogP contribution < -0.4 is 0 Å². The molecular weight excluding hydrogens is 845 g/mol. The van der Waals surface area contributed by atoms with E-state index in [0.29, 0.717) is 49.9 Å². The normalized spacial score (nSPS) is 54.2. The van der Waals surface area contributed by atoms with Crippen molar-refractivity contribution in [2.24, 2.45) is 28.6 Å². The molecule has 368 valence electrons. The molecule has 0 aromatic carbocycles. The van der Waals surface area contributed by atoms with E-state index >= 15 is 0 Å². The molecule has 0 amide bonds. The van der Waals surface area contributed by atoms with Crippen molar-refractivity contribution in [3.05, 3.63) is 22.8 Å². The Hall–Kier alpha value is -1.16. The average Bonchev–Trinajstić information content (AvgIpc) is 3.90. The zero-order valence-corrected chi connectivity index (χ0v) is 39.8. The quantitative estimate of drug-likeness (QED) is 0.248. The molecule has 16 nitrogen and oxygen atoms in total. The van der Waals surface area contributed by atoms with Crippen LogP contribution in [0.25, 0.3) is 0 Å². The fourth-order valence-electron chi connectivity index (χ4n) is 14.6. The average molecular weight is 921 g/mol. The number of methoxy groups -OCH3 is 3. The van der Waals surface area contributed by atoms with Crippen LogP contribution in [0.2, 0.25) is 0 Å². The molecule has 24 atom stereocenters. The van der Waals surface area contributed by atoms with Gasteiger partial charge in [0.15, 0.2) is 30.9 Å². The minimum absolute atomic E-state index is 0.111. The van der Waals surface area contributed by atoms with Crippen LogP contribution in [0.15, 0.2) is 22.8 Å². The van der Waals surface area contributed by atoms with Crippen molar-refractivity contribution >= 4 is 0 Å². The molecule has 65 heavy (non-hydrogen) atoms.